The minimum atomic E-state index is -0.216. The molecule has 2 aromatic rings. The van der Waals surface area contributed by atoms with Crippen molar-refractivity contribution in [2.75, 3.05) is 34.9 Å². The normalized spacial score (nSPS) is 10.8. The molecule has 0 fully saturated rings. The zero-order chi connectivity index (χ0) is 19.6. The van der Waals surface area contributed by atoms with Gasteiger partial charge in [0.2, 0.25) is 5.75 Å². The molecular formula is C20H22O7. The van der Waals surface area contributed by atoms with Crippen LogP contribution in [0.5, 0.6) is 23.0 Å². The molecule has 0 spiro atoms. The van der Waals surface area contributed by atoms with Gasteiger partial charge in [0.15, 0.2) is 30.9 Å². The topological polar surface area (TPSA) is 83.5 Å². The van der Waals surface area contributed by atoms with Gasteiger partial charge in [-0.3, -0.25) is 4.79 Å². The van der Waals surface area contributed by atoms with Crippen molar-refractivity contribution >= 4 is 11.9 Å². The Balaban J connectivity index is 2.13. The van der Waals surface area contributed by atoms with E-state index >= 15 is 0 Å². The molecule has 0 saturated carbocycles. The van der Waals surface area contributed by atoms with Crippen molar-refractivity contribution in [2.45, 2.75) is 0 Å². The first kappa shape index (κ1) is 20.3. The molecule has 0 heterocycles. The Labute approximate surface area is 157 Å². The monoisotopic (exact) mass is 374 g/mol. The van der Waals surface area contributed by atoms with Gasteiger partial charge in [-0.05, 0) is 48.6 Å². The molecule has 7 heteroatoms. The molecule has 144 valence electrons. The average molecular weight is 374 g/mol. The summed E-state index contributed by atoms with van der Waals surface area (Å²) < 4.78 is 25.4. The van der Waals surface area contributed by atoms with Crippen LogP contribution in [0.2, 0.25) is 0 Å². The molecule has 2 aromatic carbocycles. The second-order valence-electron chi connectivity index (χ2n) is 5.36. The maximum absolute atomic E-state index is 12.3. The van der Waals surface area contributed by atoms with Gasteiger partial charge in [0.1, 0.15) is 5.75 Å². The van der Waals surface area contributed by atoms with Gasteiger partial charge in [0, 0.05) is 25.3 Å². The van der Waals surface area contributed by atoms with Crippen LogP contribution in [0.15, 0.2) is 42.5 Å². The summed E-state index contributed by atoms with van der Waals surface area (Å²) in [7, 11) is 4.44. The number of rotatable bonds is 10. The summed E-state index contributed by atoms with van der Waals surface area (Å²) >= 11 is 0. The quantitative estimate of drug-likeness (QED) is 0.388. The Kier molecular flexibility index (Phi) is 7.66. The molecule has 0 aliphatic rings. The lowest BCUT2D eigenvalue weighted by atomic mass is 10.1. The van der Waals surface area contributed by atoms with Crippen molar-refractivity contribution in [3.63, 3.8) is 0 Å². The van der Waals surface area contributed by atoms with Crippen LogP contribution in [0, 0.1) is 0 Å². The third kappa shape index (κ3) is 5.47. The predicted molar refractivity (Wildman–Crippen MR) is 99.5 cm³/mol. The highest BCUT2D eigenvalue weighted by Crippen LogP contribution is 2.39. The van der Waals surface area contributed by atoms with E-state index in [2.05, 4.69) is 0 Å². The summed E-state index contributed by atoms with van der Waals surface area (Å²) in [6.45, 7) is 0.159. The number of hydrogen-bond acceptors (Lipinski definition) is 7. The summed E-state index contributed by atoms with van der Waals surface area (Å²) in [4.78, 5) is 12.3. The minimum absolute atomic E-state index is 0.0214. The predicted octanol–water partition coefficient (Wildman–Crippen LogP) is 3.26. The number of phenolic OH excluding ortho intramolecular Hbond substituents is 1. The van der Waals surface area contributed by atoms with E-state index < -0.39 is 0 Å². The van der Waals surface area contributed by atoms with E-state index in [4.69, 9.17) is 23.7 Å². The van der Waals surface area contributed by atoms with Crippen LogP contribution >= 0.6 is 0 Å². The number of ketones is 1. The number of ether oxygens (including phenoxy) is 5. The highest BCUT2D eigenvalue weighted by atomic mass is 16.7. The first-order valence-corrected chi connectivity index (χ1v) is 8.06. The van der Waals surface area contributed by atoms with Crippen LogP contribution in [-0.2, 0) is 9.47 Å². The van der Waals surface area contributed by atoms with E-state index in [-0.39, 0.29) is 30.9 Å². The lowest BCUT2D eigenvalue weighted by Crippen LogP contribution is -2.01. The van der Waals surface area contributed by atoms with Gasteiger partial charge >= 0.3 is 0 Å². The smallest absolute Gasteiger partial charge is 0.203 e. The molecular weight excluding hydrogens is 352 g/mol. The van der Waals surface area contributed by atoms with Crippen molar-refractivity contribution in [3.05, 3.63) is 53.6 Å². The van der Waals surface area contributed by atoms with Crippen molar-refractivity contribution in [3.8, 4) is 23.0 Å². The molecule has 0 amide bonds. The highest BCUT2D eigenvalue weighted by molar-refractivity contribution is 6.07. The van der Waals surface area contributed by atoms with Crippen LogP contribution < -0.4 is 14.2 Å². The Morgan fingerprint density at radius 3 is 2.26 bits per heavy atom. The van der Waals surface area contributed by atoms with Crippen LogP contribution in [0.25, 0.3) is 6.08 Å². The van der Waals surface area contributed by atoms with Crippen LogP contribution in [0.3, 0.4) is 0 Å². The van der Waals surface area contributed by atoms with E-state index in [0.717, 1.165) is 0 Å². The van der Waals surface area contributed by atoms with Crippen molar-refractivity contribution in [2.24, 2.45) is 0 Å². The van der Waals surface area contributed by atoms with Gasteiger partial charge in [-0.1, -0.05) is 0 Å². The molecule has 7 nitrogen and oxygen atoms in total. The van der Waals surface area contributed by atoms with Gasteiger partial charge < -0.3 is 28.8 Å². The number of phenols is 1. The highest BCUT2D eigenvalue weighted by Gasteiger charge is 2.13. The number of benzene rings is 2. The SMILES string of the molecule is COCOc1ccc(C(=O)C=Cc2ccc(OCOC)c(OC)c2O)cc1. The number of methoxy groups -OCH3 is 3. The van der Waals surface area contributed by atoms with Gasteiger partial charge in [0.25, 0.3) is 0 Å². The molecule has 0 bridgehead atoms. The second kappa shape index (κ2) is 10.2. The fraction of sp³-hybridized carbons (Fsp3) is 0.250. The molecule has 0 radical (unpaired) electrons. The molecule has 0 aliphatic heterocycles. The number of hydrogen-bond donors (Lipinski definition) is 1. The summed E-state index contributed by atoms with van der Waals surface area (Å²) in [5.41, 5.74) is 0.910. The van der Waals surface area contributed by atoms with E-state index in [1.165, 1.54) is 33.5 Å². The lowest BCUT2D eigenvalue weighted by molar-refractivity contribution is 0.0489. The average Bonchev–Trinajstić information content (AvgIpc) is 2.70. The lowest BCUT2D eigenvalue weighted by Gasteiger charge is -2.12. The van der Waals surface area contributed by atoms with Gasteiger partial charge in [-0.15, -0.1) is 0 Å². The Hall–Kier alpha value is -3.03. The first-order valence-electron chi connectivity index (χ1n) is 8.06. The third-order valence-electron chi connectivity index (χ3n) is 3.56. The first-order chi connectivity index (χ1) is 13.1. The number of carbonyl (C=O) groups is 1. The molecule has 2 rings (SSSR count). The summed E-state index contributed by atoms with van der Waals surface area (Å²) in [6.07, 6.45) is 2.88. The second-order valence-corrected chi connectivity index (χ2v) is 5.36. The van der Waals surface area contributed by atoms with E-state index in [1.54, 1.807) is 36.4 Å². The Morgan fingerprint density at radius 1 is 0.963 bits per heavy atom. The molecule has 0 aliphatic carbocycles. The van der Waals surface area contributed by atoms with Crippen LogP contribution in [0.4, 0.5) is 0 Å². The van der Waals surface area contributed by atoms with E-state index in [9.17, 15) is 9.90 Å². The summed E-state index contributed by atoms with van der Waals surface area (Å²) in [5, 5.41) is 10.3. The number of allylic oxidation sites excluding steroid dienone is 1. The minimum Gasteiger partial charge on any atom is -0.504 e. The third-order valence-corrected chi connectivity index (χ3v) is 3.56. The number of aromatic hydroxyl groups is 1. The molecule has 1 N–H and O–H groups in total. The van der Waals surface area contributed by atoms with Gasteiger partial charge in [-0.25, -0.2) is 0 Å². The van der Waals surface area contributed by atoms with Crippen molar-refractivity contribution in [1.29, 1.82) is 0 Å². The molecule has 0 saturated heterocycles. The zero-order valence-corrected chi connectivity index (χ0v) is 15.4. The molecule has 0 atom stereocenters. The number of carbonyl (C=O) groups excluding carboxylic acids is 1. The summed E-state index contributed by atoms with van der Waals surface area (Å²) in [6, 6.07) is 9.92. The largest absolute Gasteiger partial charge is 0.504 e. The van der Waals surface area contributed by atoms with Crippen molar-refractivity contribution in [1.82, 2.24) is 0 Å². The zero-order valence-electron chi connectivity index (χ0n) is 15.4. The van der Waals surface area contributed by atoms with Gasteiger partial charge in [-0.2, -0.15) is 0 Å². The van der Waals surface area contributed by atoms with Gasteiger partial charge in [0.05, 0.1) is 7.11 Å². The molecule has 0 aromatic heterocycles. The van der Waals surface area contributed by atoms with Crippen LogP contribution in [0.1, 0.15) is 15.9 Å². The van der Waals surface area contributed by atoms with E-state index in [1.807, 2.05) is 0 Å². The Morgan fingerprint density at radius 2 is 1.63 bits per heavy atom. The molecule has 27 heavy (non-hydrogen) atoms. The summed E-state index contributed by atoms with van der Waals surface area (Å²) in [5.74, 6) is 0.768. The maximum Gasteiger partial charge on any atom is 0.203 e. The standard InChI is InChI=1S/C20H22O7/c1-23-12-26-16-8-4-14(5-9-16)17(21)10-6-15-7-11-18(27-13-24-2)20(25-3)19(15)22/h4-11,22H,12-13H2,1-3H3. The van der Waals surface area contributed by atoms with Crippen LogP contribution in [-0.4, -0.2) is 45.8 Å². The fourth-order valence-corrected chi connectivity index (χ4v) is 2.24. The Bertz CT molecular complexity index is 782. The molecule has 0 unspecified atom stereocenters. The fourth-order valence-electron chi connectivity index (χ4n) is 2.24. The van der Waals surface area contributed by atoms with Crippen molar-refractivity contribution < 1.29 is 33.6 Å². The van der Waals surface area contributed by atoms with E-state index in [0.29, 0.717) is 22.6 Å². The maximum atomic E-state index is 12.3.